The second-order valence-electron chi connectivity index (χ2n) is 7.23. The Hall–Kier alpha value is -1.73. The first-order valence-corrected chi connectivity index (χ1v) is 10.9. The quantitative estimate of drug-likeness (QED) is 0.729. The second kappa shape index (κ2) is 8.97. The largest absolute Gasteiger partial charge is 0.377 e. The van der Waals surface area contributed by atoms with E-state index in [1.54, 1.807) is 12.1 Å². The summed E-state index contributed by atoms with van der Waals surface area (Å²) in [4.78, 5) is 0.290. The Kier molecular flexibility index (Phi) is 6.65. The maximum Gasteiger partial charge on any atom is 0.240 e. The van der Waals surface area contributed by atoms with E-state index in [1.807, 2.05) is 12.1 Å². The van der Waals surface area contributed by atoms with Gasteiger partial charge in [0.15, 0.2) is 0 Å². The lowest BCUT2D eigenvalue weighted by Crippen LogP contribution is -2.31. The summed E-state index contributed by atoms with van der Waals surface area (Å²) in [6, 6.07) is 13.5. The summed E-state index contributed by atoms with van der Waals surface area (Å²) >= 11 is 0. The molecule has 5 nitrogen and oxygen atoms in total. The van der Waals surface area contributed by atoms with E-state index in [0.717, 1.165) is 31.6 Å². The van der Waals surface area contributed by atoms with Crippen LogP contribution in [0.2, 0.25) is 0 Å². The molecule has 27 heavy (non-hydrogen) atoms. The van der Waals surface area contributed by atoms with Crippen LogP contribution in [0.4, 0.5) is 0 Å². The minimum atomic E-state index is -3.49. The van der Waals surface area contributed by atoms with Gasteiger partial charge >= 0.3 is 0 Å². The third-order valence-corrected chi connectivity index (χ3v) is 6.14. The van der Waals surface area contributed by atoms with Crippen molar-refractivity contribution in [1.82, 2.24) is 10.0 Å². The number of aryl methyl sites for hydroxylation is 2. The van der Waals surface area contributed by atoms with Gasteiger partial charge < -0.3 is 10.1 Å². The number of ether oxygens (including phenoxy) is 1. The molecule has 1 atom stereocenters. The van der Waals surface area contributed by atoms with Crippen LogP contribution in [0.15, 0.2) is 47.4 Å². The monoisotopic (exact) mass is 388 g/mol. The van der Waals surface area contributed by atoms with Crippen molar-refractivity contribution in [3.8, 4) is 0 Å². The minimum absolute atomic E-state index is 0.00601. The fourth-order valence-corrected chi connectivity index (χ4v) is 4.47. The highest BCUT2D eigenvalue weighted by Gasteiger charge is 2.20. The molecule has 2 aromatic rings. The first-order valence-electron chi connectivity index (χ1n) is 9.40. The molecule has 1 aliphatic heterocycles. The van der Waals surface area contributed by atoms with Crippen molar-refractivity contribution in [2.75, 3.05) is 13.2 Å². The zero-order valence-electron chi connectivity index (χ0n) is 16.0. The first kappa shape index (κ1) is 20.0. The summed E-state index contributed by atoms with van der Waals surface area (Å²) in [6.45, 7) is 6.73. The number of benzene rings is 2. The number of rotatable bonds is 8. The van der Waals surface area contributed by atoms with Crippen LogP contribution in [0, 0.1) is 13.8 Å². The maximum atomic E-state index is 12.4. The van der Waals surface area contributed by atoms with Gasteiger partial charge in [0.25, 0.3) is 0 Å². The molecular formula is C21H28N2O3S. The summed E-state index contributed by atoms with van der Waals surface area (Å²) in [6.07, 6.45) is 1.90. The number of sulfonamides is 1. The minimum Gasteiger partial charge on any atom is -0.377 e. The van der Waals surface area contributed by atoms with Crippen molar-refractivity contribution in [2.45, 2.75) is 50.8 Å². The summed E-state index contributed by atoms with van der Waals surface area (Å²) in [5.74, 6) is 0. The molecule has 0 radical (unpaired) electrons. The van der Waals surface area contributed by atoms with Crippen molar-refractivity contribution >= 4 is 10.0 Å². The van der Waals surface area contributed by atoms with Crippen LogP contribution in [0.5, 0.6) is 0 Å². The van der Waals surface area contributed by atoms with E-state index < -0.39 is 10.0 Å². The fourth-order valence-electron chi connectivity index (χ4n) is 3.40. The molecule has 3 rings (SSSR count). The summed E-state index contributed by atoms with van der Waals surface area (Å²) in [7, 11) is -3.49. The predicted octanol–water partition coefficient (Wildman–Crippen LogP) is 3.05. The van der Waals surface area contributed by atoms with Crippen molar-refractivity contribution in [1.29, 1.82) is 0 Å². The highest BCUT2D eigenvalue weighted by atomic mass is 32.2. The second-order valence-corrected chi connectivity index (χ2v) is 9.00. The summed E-state index contributed by atoms with van der Waals surface area (Å²) in [5.41, 5.74) is 4.83. The average Bonchev–Trinajstić information content (AvgIpc) is 3.13. The summed E-state index contributed by atoms with van der Waals surface area (Å²) in [5, 5.41) is 3.41. The van der Waals surface area contributed by atoms with Crippen LogP contribution >= 0.6 is 0 Å². The van der Waals surface area contributed by atoms with Gasteiger partial charge in [-0.25, -0.2) is 13.1 Å². The topological polar surface area (TPSA) is 67.4 Å². The molecule has 1 unspecified atom stereocenters. The molecule has 1 saturated heterocycles. The Morgan fingerprint density at radius 3 is 2.30 bits per heavy atom. The van der Waals surface area contributed by atoms with Crippen molar-refractivity contribution in [3.63, 3.8) is 0 Å². The molecule has 1 aliphatic rings. The van der Waals surface area contributed by atoms with Crippen LogP contribution < -0.4 is 10.0 Å². The Bertz CT molecular complexity index is 837. The lowest BCUT2D eigenvalue weighted by atomic mass is 10.1. The zero-order valence-corrected chi connectivity index (χ0v) is 16.8. The van der Waals surface area contributed by atoms with Crippen LogP contribution in [0.25, 0.3) is 0 Å². The molecule has 2 N–H and O–H groups in total. The normalized spacial score (nSPS) is 17.3. The van der Waals surface area contributed by atoms with Gasteiger partial charge in [-0.2, -0.15) is 0 Å². The lowest BCUT2D eigenvalue weighted by Gasteiger charge is -2.12. The molecule has 0 aliphatic carbocycles. The van der Waals surface area contributed by atoms with Crippen LogP contribution in [-0.2, 0) is 27.8 Å². The van der Waals surface area contributed by atoms with E-state index in [9.17, 15) is 8.42 Å². The van der Waals surface area contributed by atoms with E-state index >= 15 is 0 Å². The molecule has 2 aromatic carbocycles. The summed E-state index contributed by atoms with van der Waals surface area (Å²) < 4.78 is 32.9. The van der Waals surface area contributed by atoms with Gasteiger partial charge in [-0.05, 0) is 49.9 Å². The van der Waals surface area contributed by atoms with Crippen LogP contribution in [0.3, 0.4) is 0 Å². The molecule has 0 bridgehead atoms. The standard InChI is InChI=1S/C21H28N2O3S/c1-16-10-17(2)12-19(11-16)14-22-13-18-5-7-21(8-6-18)27(24,25)23-15-20-4-3-9-26-20/h5-8,10-12,20,22-23H,3-4,9,13-15H2,1-2H3. The van der Waals surface area contributed by atoms with Gasteiger partial charge in [-0.1, -0.05) is 41.5 Å². The molecule has 0 aromatic heterocycles. The smallest absolute Gasteiger partial charge is 0.240 e. The van der Waals surface area contributed by atoms with E-state index in [-0.39, 0.29) is 6.10 Å². The molecule has 1 heterocycles. The Labute approximate surface area is 162 Å². The van der Waals surface area contributed by atoms with Gasteiger partial charge in [-0.3, -0.25) is 0 Å². The third-order valence-electron chi connectivity index (χ3n) is 4.70. The van der Waals surface area contributed by atoms with E-state index in [4.69, 9.17) is 4.74 Å². The van der Waals surface area contributed by atoms with Crippen molar-refractivity contribution < 1.29 is 13.2 Å². The molecule has 0 spiro atoms. The third kappa shape index (κ3) is 5.87. The number of hydrogen-bond donors (Lipinski definition) is 2. The Balaban J connectivity index is 1.51. The van der Waals surface area contributed by atoms with Gasteiger partial charge in [0.2, 0.25) is 10.0 Å². The highest BCUT2D eigenvalue weighted by molar-refractivity contribution is 7.89. The van der Waals surface area contributed by atoms with Crippen LogP contribution in [-0.4, -0.2) is 27.7 Å². The van der Waals surface area contributed by atoms with E-state index in [0.29, 0.717) is 18.0 Å². The van der Waals surface area contributed by atoms with Gasteiger partial charge in [0, 0.05) is 26.2 Å². The first-order chi connectivity index (χ1) is 12.9. The van der Waals surface area contributed by atoms with Gasteiger partial charge in [-0.15, -0.1) is 0 Å². The maximum absolute atomic E-state index is 12.4. The van der Waals surface area contributed by atoms with Crippen molar-refractivity contribution in [3.05, 3.63) is 64.7 Å². The number of nitrogens with one attached hydrogen (secondary N) is 2. The van der Waals surface area contributed by atoms with E-state index in [2.05, 4.69) is 42.1 Å². The van der Waals surface area contributed by atoms with Gasteiger partial charge in [0.1, 0.15) is 0 Å². The Morgan fingerprint density at radius 1 is 1.00 bits per heavy atom. The van der Waals surface area contributed by atoms with Crippen molar-refractivity contribution in [2.24, 2.45) is 0 Å². The molecular weight excluding hydrogens is 360 g/mol. The molecule has 6 heteroatoms. The predicted molar refractivity (Wildman–Crippen MR) is 107 cm³/mol. The molecule has 0 saturated carbocycles. The molecule has 0 amide bonds. The SMILES string of the molecule is Cc1cc(C)cc(CNCc2ccc(S(=O)(=O)NCC3CCCO3)cc2)c1. The fraction of sp³-hybridized carbons (Fsp3) is 0.429. The lowest BCUT2D eigenvalue weighted by molar-refractivity contribution is 0.114. The van der Waals surface area contributed by atoms with E-state index in [1.165, 1.54) is 16.7 Å². The molecule has 146 valence electrons. The van der Waals surface area contributed by atoms with Gasteiger partial charge in [0.05, 0.1) is 11.0 Å². The molecule has 1 fully saturated rings. The average molecular weight is 389 g/mol. The number of hydrogen-bond acceptors (Lipinski definition) is 4. The zero-order chi connectivity index (χ0) is 19.3. The van der Waals surface area contributed by atoms with Crippen LogP contribution in [0.1, 0.15) is 35.1 Å². The Morgan fingerprint density at radius 2 is 1.67 bits per heavy atom. The highest BCUT2D eigenvalue weighted by Crippen LogP contribution is 2.14.